The van der Waals surface area contributed by atoms with Gasteiger partial charge < -0.3 is 10.1 Å². The van der Waals surface area contributed by atoms with Crippen LogP contribution in [0.2, 0.25) is 0 Å². The van der Waals surface area contributed by atoms with Gasteiger partial charge in [-0.25, -0.2) is 12.7 Å². The van der Waals surface area contributed by atoms with Crippen LogP contribution in [-0.4, -0.2) is 62.9 Å². The number of hydrogen-bond acceptors (Lipinski definition) is 5. The van der Waals surface area contributed by atoms with E-state index in [1.165, 1.54) is 5.56 Å². The maximum absolute atomic E-state index is 12.6. The highest BCUT2D eigenvalue weighted by Crippen LogP contribution is 2.18. The molecular weight excluding hydrogens is 438 g/mol. The molecule has 2 saturated heterocycles. The molecule has 2 fully saturated rings. The molecule has 2 aliphatic rings. The van der Waals surface area contributed by atoms with Crippen molar-refractivity contribution in [3.05, 3.63) is 70.8 Å². The Balaban J connectivity index is 1.29. The van der Waals surface area contributed by atoms with Crippen LogP contribution in [0.4, 0.5) is 0 Å². The molecule has 2 aliphatic heterocycles. The molecule has 1 N–H and O–H groups in total. The summed E-state index contributed by atoms with van der Waals surface area (Å²) in [6, 6.07) is 15.1. The second-order valence-electron chi connectivity index (χ2n) is 8.80. The molecule has 0 bridgehead atoms. The van der Waals surface area contributed by atoms with Crippen LogP contribution in [0.15, 0.2) is 48.5 Å². The van der Waals surface area contributed by atoms with Crippen molar-refractivity contribution < 1.29 is 17.9 Å². The number of rotatable bonds is 8. The van der Waals surface area contributed by atoms with Gasteiger partial charge in [0.15, 0.2) is 0 Å². The van der Waals surface area contributed by atoms with Gasteiger partial charge in [0.2, 0.25) is 10.0 Å². The number of nitrogens with zero attached hydrogens (tertiary/aromatic N) is 2. The maximum atomic E-state index is 12.6. The average molecular weight is 472 g/mol. The molecule has 0 unspecified atom stereocenters. The molecule has 0 aliphatic carbocycles. The zero-order valence-corrected chi connectivity index (χ0v) is 19.9. The fraction of sp³-hybridized carbons (Fsp3) is 0.480. The number of carbonyl (C=O) groups is 1. The van der Waals surface area contributed by atoms with Crippen LogP contribution in [-0.2, 0) is 33.6 Å². The molecular formula is C25H33N3O4S. The highest BCUT2D eigenvalue weighted by atomic mass is 32.2. The van der Waals surface area contributed by atoms with Gasteiger partial charge >= 0.3 is 0 Å². The van der Waals surface area contributed by atoms with Crippen LogP contribution in [0.5, 0.6) is 0 Å². The Kier molecular flexibility index (Phi) is 8.14. The van der Waals surface area contributed by atoms with Crippen molar-refractivity contribution in [3.63, 3.8) is 0 Å². The van der Waals surface area contributed by atoms with Crippen molar-refractivity contribution in [3.8, 4) is 0 Å². The quantitative estimate of drug-likeness (QED) is 0.641. The van der Waals surface area contributed by atoms with Crippen LogP contribution in [0, 0.1) is 0 Å². The van der Waals surface area contributed by atoms with E-state index >= 15 is 0 Å². The van der Waals surface area contributed by atoms with Gasteiger partial charge in [-0.3, -0.25) is 9.69 Å². The first-order valence-electron chi connectivity index (χ1n) is 11.7. The number of hydrogen-bond donors (Lipinski definition) is 1. The first-order valence-corrected chi connectivity index (χ1v) is 13.3. The number of ether oxygens (including phenoxy) is 1. The van der Waals surface area contributed by atoms with Gasteiger partial charge in [0, 0.05) is 44.8 Å². The largest absolute Gasteiger partial charge is 0.379 e. The Bertz CT molecular complexity index is 1030. The van der Waals surface area contributed by atoms with Crippen molar-refractivity contribution in [2.45, 2.75) is 38.1 Å². The number of benzene rings is 2. The molecule has 0 saturated carbocycles. The molecule has 0 radical (unpaired) electrons. The molecule has 0 spiro atoms. The van der Waals surface area contributed by atoms with Crippen LogP contribution >= 0.6 is 0 Å². The van der Waals surface area contributed by atoms with Gasteiger partial charge in [-0.05, 0) is 41.7 Å². The molecule has 2 aromatic rings. The van der Waals surface area contributed by atoms with E-state index in [0.29, 0.717) is 30.8 Å². The molecule has 2 aromatic carbocycles. The minimum atomic E-state index is -3.31. The summed E-state index contributed by atoms with van der Waals surface area (Å²) < 4.78 is 32.2. The summed E-state index contributed by atoms with van der Waals surface area (Å²) in [6.07, 6.45) is 2.94. The van der Waals surface area contributed by atoms with Gasteiger partial charge in [-0.2, -0.15) is 0 Å². The highest BCUT2D eigenvalue weighted by Gasteiger charge is 2.24. The summed E-state index contributed by atoms with van der Waals surface area (Å²) in [5, 5.41) is 2.97. The smallest absolute Gasteiger partial charge is 0.251 e. The Hall–Kier alpha value is -2.26. The second kappa shape index (κ2) is 11.2. The second-order valence-corrected chi connectivity index (χ2v) is 10.8. The van der Waals surface area contributed by atoms with E-state index in [4.69, 9.17) is 4.74 Å². The van der Waals surface area contributed by atoms with Crippen molar-refractivity contribution >= 4 is 15.9 Å². The van der Waals surface area contributed by atoms with Gasteiger partial charge in [0.25, 0.3) is 5.91 Å². The summed E-state index contributed by atoms with van der Waals surface area (Å²) in [6.45, 7) is 5.98. The summed E-state index contributed by atoms with van der Waals surface area (Å²) in [5.74, 6) is -0.191. The normalized spacial score (nSPS) is 18.2. The molecule has 4 rings (SSSR count). The van der Waals surface area contributed by atoms with E-state index in [1.54, 1.807) is 28.6 Å². The van der Waals surface area contributed by atoms with Crippen molar-refractivity contribution in [1.29, 1.82) is 0 Å². The first kappa shape index (κ1) is 23.9. The SMILES string of the molecule is O=C(NCc1cccc(CN2CCOCC2)c1)c1ccc(CS(=O)(=O)N2CCCCC2)cc1. The molecule has 0 aromatic heterocycles. The van der Waals surface area contributed by atoms with Crippen LogP contribution in [0.3, 0.4) is 0 Å². The van der Waals surface area contributed by atoms with Crippen LogP contribution in [0.25, 0.3) is 0 Å². The maximum Gasteiger partial charge on any atom is 0.251 e. The summed E-state index contributed by atoms with van der Waals surface area (Å²) in [4.78, 5) is 15.0. The van der Waals surface area contributed by atoms with E-state index in [0.717, 1.165) is 57.7 Å². The lowest BCUT2D eigenvalue weighted by molar-refractivity contribution is 0.0342. The predicted octanol–water partition coefficient (Wildman–Crippen LogP) is 2.76. The number of morpholine rings is 1. The van der Waals surface area contributed by atoms with Gasteiger partial charge in [-0.1, -0.05) is 42.8 Å². The lowest BCUT2D eigenvalue weighted by atomic mass is 10.1. The monoisotopic (exact) mass is 471 g/mol. The fourth-order valence-electron chi connectivity index (χ4n) is 4.34. The molecule has 7 nitrogen and oxygen atoms in total. The Labute approximate surface area is 196 Å². The number of piperidine rings is 1. The van der Waals surface area contributed by atoms with Crippen LogP contribution < -0.4 is 5.32 Å². The highest BCUT2D eigenvalue weighted by molar-refractivity contribution is 7.88. The predicted molar refractivity (Wildman–Crippen MR) is 128 cm³/mol. The van der Waals surface area contributed by atoms with Crippen molar-refractivity contribution in [2.24, 2.45) is 0 Å². The molecule has 1 amide bonds. The molecule has 8 heteroatoms. The summed E-state index contributed by atoms with van der Waals surface area (Å²) in [5.41, 5.74) is 3.51. The molecule has 33 heavy (non-hydrogen) atoms. The van der Waals surface area contributed by atoms with E-state index in [-0.39, 0.29) is 11.7 Å². The van der Waals surface area contributed by atoms with Crippen molar-refractivity contribution in [2.75, 3.05) is 39.4 Å². The first-order chi connectivity index (χ1) is 16.0. The van der Waals surface area contributed by atoms with E-state index in [1.807, 2.05) is 12.1 Å². The lowest BCUT2D eigenvalue weighted by Gasteiger charge is -2.26. The lowest BCUT2D eigenvalue weighted by Crippen LogP contribution is -2.36. The molecule has 0 atom stereocenters. The van der Waals surface area contributed by atoms with E-state index in [2.05, 4.69) is 22.3 Å². The van der Waals surface area contributed by atoms with Crippen molar-refractivity contribution in [1.82, 2.24) is 14.5 Å². The minimum absolute atomic E-state index is 0.0230. The third-order valence-corrected chi connectivity index (χ3v) is 8.08. The van der Waals surface area contributed by atoms with Gasteiger partial charge in [-0.15, -0.1) is 0 Å². The minimum Gasteiger partial charge on any atom is -0.379 e. The zero-order valence-electron chi connectivity index (χ0n) is 19.0. The Morgan fingerprint density at radius 2 is 1.58 bits per heavy atom. The third-order valence-electron chi connectivity index (χ3n) is 6.23. The zero-order chi connectivity index (χ0) is 23.1. The summed E-state index contributed by atoms with van der Waals surface area (Å²) in [7, 11) is -3.31. The van der Waals surface area contributed by atoms with E-state index in [9.17, 15) is 13.2 Å². The van der Waals surface area contributed by atoms with Gasteiger partial charge in [0.1, 0.15) is 0 Å². The Morgan fingerprint density at radius 3 is 2.30 bits per heavy atom. The van der Waals surface area contributed by atoms with Crippen LogP contribution in [0.1, 0.15) is 46.3 Å². The Morgan fingerprint density at radius 1 is 0.879 bits per heavy atom. The summed E-state index contributed by atoms with van der Waals surface area (Å²) >= 11 is 0. The standard InChI is InChI=1S/C25H33N3O4S/c29-25(26-18-22-5-4-6-23(17-22)19-27-13-15-32-16-14-27)24-9-7-21(8-10-24)20-33(30,31)28-11-2-1-3-12-28/h4-10,17H,1-3,11-16,18-20H2,(H,26,29). The number of nitrogens with one attached hydrogen (secondary N) is 1. The fourth-order valence-corrected chi connectivity index (χ4v) is 5.95. The number of sulfonamides is 1. The number of carbonyl (C=O) groups excluding carboxylic acids is 1. The topological polar surface area (TPSA) is 79.0 Å². The van der Waals surface area contributed by atoms with E-state index < -0.39 is 10.0 Å². The molecule has 178 valence electrons. The number of amides is 1. The molecule has 2 heterocycles. The third kappa shape index (κ3) is 6.86. The average Bonchev–Trinajstić information content (AvgIpc) is 2.84. The van der Waals surface area contributed by atoms with Gasteiger partial charge in [0.05, 0.1) is 19.0 Å².